The van der Waals surface area contributed by atoms with Gasteiger partial charge in [-0.15, -0.1) is 11.3 Å². The molecule has 0 unspecified atom stereocenters. The second-order valence-electron chi connectivity index (χ2n) is 5.72. The third kappa shape index (κ3) is 4.63. The first kappa shape index (κ1) is 17.1. The number of aryl methyl sites for hydroxylation is 1. The highest BCUT2D eigenvalue weighted by Crippen LogP contribution is 2.27. The quantitative estimate of drug-likeness (QED) is 0.850. The maximum atomic E-state index is 12.3. The summed E-state index contributed by atoms with van der Waals surface area (Å²) in [6.45, 7) is 6.14. The van der Waals surface area contributed by atoms with Crippen molar-refractivity contribution >= 4 is 28.9 Å². The number of carboxylic acid groups (broad SMARTS) is 1. The first-order chi connectivity index (χ1) is 10.9. The smallest absolute Gasteiger partial charge is 0.309 e. The van der Waals surface area contributed by atoms with Crippen LogP contribution in [0.2, 0.25) is 0 Å². The highest BCUT2D eigenvalue weighted by Gasteiger charge is 2.14. The Labute approximate surface area is 139 Å². The minimum atomic E-state index is -0.923. The van der Waals surface area contributed by atoms with Crippen LogP contribution in [0, 0.1) is 6.92 Å². The third-order valence-electron chi connectivity index (χ3n) is 3.43. The van der Waals surface area contributed by atoms with Crippen LogP contribution >= 0.6 is 11.3 Å². The van der Waals surface area contributed by atoms with Crippen molar-refractivity contribution in [2.24, 2.45) is 0 Å². The molecule has 0 aliphatic rings. The van der Waals surface area contributed by atoms with Crippen LogP contribution in [0.1, 0.15) is 41.6 Å². The Hall–Kier alpha value is -2.21. The van der Waals surface area contributed by atoms with E-state index >= 15 is 0 Å². The normalized spacial score (nSPS) is 10.8. The van der Waals surface area contributed by atoms with Crippen LogP contribution in [0.15, 0.2) is 23.6 Å². The van der Waals surface area contributed by atoms with Crippen molar-refractivity contribution in [2.45, 2.75) is 39.5 Å². The molecule has 1 aromatic carbocycles. The van der Waals surface area contributed by atoms with Crippen molar-refractivity contribution in [1.29, 1.82) is 0 Å². The summed E-state index contributed by atoms with van der Waals surface area (Å²) < 4.78 is 0. The van der Waals surface area contributed by atoms with Gasteiger partial charge in [-0.05, 0) is 24.0 Å². The zero-order chi connectivity index (χ0) is 17.0. The molecular formula is C17H20N2O3S. The number of carbonyl (C=O) groups excluding carboxylic acids is 1. The van der Waals surface area contributed by atoms with E-state index in [9.17, 15) is 9.59 Å². The molecule has 2 aromatic rings. The molecule has 5 nitrogen and oxygen atoms in total. The Morgan fingerprint density at radius 3 is 2.70 bits per heavy atom. The van der Waals surface area contributed by atoms with Gasteiger partial charge in [-0.1, -0.05) is 32.0 Å². The second kappa shape index (κ2) is 7.37. The topological polar surface area (TPSA) is 79.3 Å². The van der Waals surface area contributed by atoms with E-state index in [2.05, 4.69) is 24.1 Å². The minimum Gasteiger partial charge on any atom is -0.481 e. The summed E-state index contributed by atoms with van der Waals surface area (Å²) in [4.78, 5) is 27.1. The zero-order valence-electron chi connectivity index (χ0n) is 13.4. The van der Waals surface area contributed by atoms with E-state index in [0.717, 1.165) is 16.8 Å². The van der Waals surface area contributed by atoms with Crippen LogP contribution in [0.4, 0.5) is 5.69 Å². The van der Waals surface area contributed by atoms with E-state index in [1.54, 1.807) is 5.38 Å². The maximum absolute atomic E-state index is 12.3. The summed E-state index contributed by atoms with van der Waals surface area (Å²) in [7, 11) is 0. The van der Waals surface area contributed by atoms with Gasteiger partial charge in [-0.25, -0.2) is 4.98 Å². The van der Waals surface area contributed by atoms with Crippen LogP contribution in [-0.2, 0) is 22.4 Å². The first-order valence-electron chi connectivity index (χ1n) is 7.41. The molecule has 1 amide bonds. The number of para-hydroxylation sites is 1. The predicted molar refractivity (Wildman–Crippen MR) is 91.1 cm³/mol. The fraction of sp³-hybridized carbons (Fsp3) is 0.353. The van der Waals surface area contributed by atoms with Crippen LogP contribution in [0.3, 0.4) is 0 Å². The van der Waals surface area contributed by atoms with Gasteiger partial charge in [0, 0.05) is 11.1 Å². The Balaban J connectivity index is 2.08. The fourth-order valence-corrected chi connectivity index (χ4v) is 3.12. The number of aromatic nitrogens is 1. The molecular weight excluding hydrogens is 312 g/mol. The average molecular weight is 332 g/mol. The number of amides is 1. The number of benzene rings is 1. The SMILES string of the molecule is Cc1cccc(C(C)C)c1NC(=O)Cc1nc(CC(=O)O)cs1. The lowest BCUT2D eigenvalue weighted by Crippen LogP contribution is -2.17. The Bertz CT molecular complexity index is 722. The van der Waals surface area contributed by atoms with Crippen molar-refractivity contribution in [3.8, 4) is 0 Å². The lowest BCUT2D eigenvalue weighted by atomic mass is 9.98. The number of anilines is 1. The third-order valence-corrected chi connectivity index (χ3v) is 4.33. The minimum absolute atomic E-state index is 0.118. The molecule has 23 heavy (non-hydrogen) atoms. The lowest BCUT2D eigenvalue weighted by Gasteiger charge is -2.16. The molecule has 0 bridgehead atoms. The van der Waals surface area contributed by atoms with Gasteiger partial charge in [-0.3, -0.25) is 9.59 Å². The van der Waals surface area contributed by atoms with Crippen molar-refractivity contribution in [2.75, 3.05) is 5.32 Å². The maximum Gasteiger partial charge on any atom is 0.309 e. The molecule has 0 aliphatic heterocycles. The molecule has 6 heteroatoms. The molecule has 122 valence electrons. The van der Waals surface area contributed by atoms with Crippen LogP contribution in [0.25, 0.3) is 0 Å². The predicted octanol–water partition coefficient (Wildman–Crippen LogP) is 3.38. The lowest BCUT2D eigenvalue weighted by molar-refractivity contribution is -0.136. The number of hydrogen-bond donors (Lipinski definition) is 2. The number of thiazole rings is 1. The summed E-state index contributed by atoms with van der Waals surface area (Å²) >= 11 is 1.31. The summed E-state index contributed by atoms with van der Waals surface area (Å²) in [6, 6.07) is 5.97. The average Bonchev–Trinajstić information content (AvgIpc) is 2.86. The number of nitrogens with zero attached hydrogens (tertiary/aromatic N) is 1. The van der Waals surface area contributed by atoms with Crippen LogP contribution in [-0.4, -0.2) is 22.0 Å². The first-order valence-corrected chi connectivity index (χ1v) is 8.29. The van der Waals surface area contributed by atoms with Gasteiger partial charge < -0.3 is 10.4 Å². The van der Waals surface area contributed by atoms with E-state index in [4.69, 9.17) is 5.11 Å². The number of carbonyl (C=O) groups is 2. The van der Waals surface area contributed by atoms with Gasteiger partial charge in [0.05, 0.1) is 18.5 Å². The number of hydrogen-bond acceptors (Lipinski definition) is 4. The second-order valence-corrected chi connectivity index (χ2v) is 6.66. The van der Waals surface area contributed by atoms with E-state index in [0.29, 0.717) is 16.6 Å². The number of carboxylic acids is 1. The van der Waals surface area contributed by atoms with E-state index in [-0.39, 0.29) is 18.7 Å². The van der Waals surface area contributed by atoms with E-state index < -0.39 is 5.97 Å². The highest BCUT2D eigenvalue weighted by atomic mass is 32.1. The molecule has 2 N–H and O–H groups in total. The van der Waals surface area contributed by atoms with Gasteiger partial charge in [0.15, 0.2) is 0 Å². The monoisotopic (exact) mass is 332 g/mol. The van der Waals surface area contributed by atoms with Crippen molar-refractivity contribution < 1.29 is 14.7 Å². The Morgan fingerprint density at radius 1 is 1.30 bits per heavy atom. The molecule has 0 saturated carbocycles. The van der Waals surface area contributed by atoms with Gasteiger partial charge in [-0.2, -0.15) is 0 Å². The number of aliphatic carboxylic acids is 1. The molecule has 0 atom stereocenters. The van der Waals surface area contributed by atoms with Crippen LogP contribution < -0.4 is 5.32 Å². The fourth-order valence-electron chi connectivity index (χ4n) is 2.33. The standard InChI is InChI=1S/C17H20N2O3S/c1-10(2)13-6-4-5-11(3)17(13)19-14(20)8-15-18-12(9-23-15)7-16(21)22/h4-6,9-10H,7-8H2,1-3H3,(H,19,20)(H,21,22). The summed E-state index contributed by atoms with van der Waals surface area (Å²) in [5, 5.41) is 14.0. The molecule has 2 rings (SSSR count). The van der Waals surface area contributed by atoms with Crippen molar-refractivity contribution in [3.05, 3.63) is 45.4 Å². The molecule has 1 aromatic heterocycles. The van der Waals surface area contributed by atoms with Crippen LogP contribution in [0.5, 0.6) is 0 Å². The van der Waals surface area contributed by atoms with E-state index in [1.165, 1.54) is 11.3 Å². The molecule has 0 fully saturated rings. The molecule has 0 saturated heterocycles. The molecule has 1 heterocycles. The summed E-state index contributed by atoms with van der Waals surface area (Å²) in [6.07, 6.45) is 0.0313. The highest BCUT2D eigenvalue weighted by molar-refractivity contribution is 7.09. The summed E-state index contributed by atoms with van der Waals surface area (Å²) in [5.74, 6) is -0.752. The van der Waals surface area contributed by atoms with Gasteiger partial charge >= 0.3 is 5.97 Å². The van der Waals surface area contributed by atoms with Crippen molar-refractivity contribution in [1.82, 2.24) is 4.98 Å². The Morgan fingerprint density at radius 2 is 2.04 bits per heavy atom. The van der Waals surface area contributed by atoms with Gasteiger partial charge in [0.1, 0.15) is 5.01 Å². The van der Waals surface area contributed by atoms with Gasteiger partial charge in [0.2, 0.25) is 5.91 Å². The molecule has 0 radical (unpaired) electrons. The van der Waals surface area contributed by atoms with E-state index in [1.807, 2.05) is 25.1 Å². The van der Waals surface area contributed by atoms with Crippen molar-refractivity contribution in [3.63, 3.8) is 0 Å². The number of rotatable bonds is 6. The van der Waals surface area contributed by atoms with Gasteiger partial charge in [0.25, 0.3) is 0 Å². The largest absolute Gasteiger partial charge is 0.481 e. The Kier molecular flexibility index (Phi) is 5.50. The molecule has 0 aliphatic carbocycles. The number of nitrogens with one attached hydrogen (secondary N) is 1. The zero-order valence-corrected chi connectivity index (χ0v) is 14.2. The summed E-state index contributed by atoms with van der Waals surface area (Å²) in [5.41, 5.74) is 3.47. The molecule has 0 spiro atoms.